The molecule has 30 heavy (non-hydrogen) atoms. The number of nitrogens with one attached hydrogen (secondary N) is 1. The van der Waals surface area contributed by atoms with Gasteiger partial charge in [0.2, 0.25) is 0 Å². The molecule has 0 aromatic heterocycles. The highest BCUT2D eigenvalue weighted by Crippen LogP contribution is 2.27. The smallest absolute Gasteiger partial charge is 0.193 e. The summed E-state index contributed by atoms with van der Waals surface area (Å²) < 4.78 is 15.9. The Morgan fingerprint density at radius 3 is 2.37 bits per heavy atom. The van der Waals surface area contributed by atoms with Crippen LogP contribution in [0, 0.1) is 0 Å². The first-order valence-electron chi connectivity index (χ1n) is 9.88. The third kappa shape index (κ3) is 8.02. The first-order chi connectivity index (χ1) is 14.1. The highest BCUT2D eigenvalue weighted by Gasteiger charge is 2.09. The van der Waals surface area contributed by atoms with Gasteiger partial charge in [0.15, 0.2) is 17.5 Å². The van der Waals surface area contributed by atoms with Crippen molar-refractivity contribution in [2.45, 2.75) is 26.5 Å². The molecule has 1 N–H and O–H groups in total. The summed E-state index contributed by atoms with van der Waals surface area (Å²) in [5.41, 5.74) is 3.52. The lowest BCUT2D eigenvalue weighted by Crippen LogP contribution is -2.39. The summed E-state index contributed by atoms with van der Waals surface area (Å²) in [6.07, 6.45) is 0.880. The van der Waals surface area contributed by atoms with Crippen molar-refractivity contribution in [3.8, 4) is 11.5 Å². The van der Waals surface area contributed by atoms with E-state index in [4.69, 9.17) is 19.2 Å². The number of rotatable bonds is 10. The number of ether oxygens (including phenoxy) is 3. The molecule has 166 valence electrons. The van der Waals surface area contributed by atoms with E-state index >= 15 is 0 Å². The molecule has 0 atom stereocenters. The number of nitrogens with zero attached hydrogens (tertiary/aromatic N) is 2. The quantitative estimate of drug-likeness (QED) is 0.287. The van der Waals surface area contributed by atoms with Gasteiger partial charge >= 0.3 is 0 Å². The minimum absolute atomic E-state index is 0. The Hall–Kier alpha value is -2.00. The number of benzene rings is 2. The molecule has 0 bridgehead atoms. The van der Waals surface area contributed by atoms with Gasteiger partial charge in [0, 0.05) is 27.2 Å². The zero-order valence-electron chi connectivity index (χ0n) is 18.6. The van der Waals surface area contributed by atoms with Crippen LogP contribution in [0.4, 0.5) is 0 Å². The lowest BCUT2D eigenvalue weighted by molar-refractivity contribution is 0.185. The number of guanidine groups is 1. The number of hydrogen-bond acceptors (Lipinski definition) is 4. The van der Waals surface area contributed by atoms with E-state index in [1.807, 2.05) is 18.2 Å². The first kappa shape index (κ1) is 26.0. The lowest BCUT2D eigenvalue weighted by Gasteiger charge is -2.22. The van der Waals surface area contributed by atoms with Crippen molar-refractivity contribution < 1.29 is 14.2 Å². The normalized spacial score (nSPS) is 10.9. The highest BCUT2D eigenvalue weighted by molar-refractivity contribution is 14.0. The SMILES string of the molecule is CCNC(=NCc1cccc(COC)c1)N(C)CCc1ccc(OC)c(OC)c1.I. The van der Waals surface area contributed by atoms with E-state index < -0.39 is 0 Å². The molecule has 7 heteroatoms. The average molecular weight is 527 g/mol. The molecule has 0 spiro atoms. The Bertz CT molecular complexity index is 799. The predicted octanol–water partition coefficient (Wildman–Crippen LogP) is 4.11. The van der Waals surface area contributed by atoms with Gasteiger partial charge in [-0.05, 0) is 42.2 Å². The maximum Gasteiger partial charge on any atom is 0.193 e. The van der Waals surface area contributed by atoms with Crippen LogP contribution in [0.2, 0.25) is 0 Å². The fourth-order valence-electron chi connectivity index (χ4n) is 3.06. The molecule has 0 amide bonds. The second-order valence-corrected chi connectivity index (χ2v) is 6.78. The van der Waals surface area contributed by atoms with Gasteiger partial charge in [-0.25, -0.2) is 4.99 Å². The van der Waals surface area contributed by atoms with Crippen LogP contribution < -0.4 is 14.8 Å². The van der Waals surface area contributed by atoms with Crippen LogP contribution in [0.15, 0.2) is 47.5 Å². The van der Waals surface area contributed by atoms with Crippen LogP contribution in [0.3, 0.4) is 0 Å². The molecule has 0 aliphatic carbocycles. The van der Waals surface area contributed by atoms with E-state index in [1.165, 1.54) is 11.1 Å². The van der Waals surface area contributed by atoms with Crippen molar-refractivity contribution in [2.75, 3.05) is 41.5 Å². The molecule has 0 radical (unpaired) electrons. The number of likely N-dealkylation sites (N-methyl/N-ethyl adjacent to an activating group) is 1. The number of aliphatic imine (C=N–C) groups is 1. The van der Waals surface area contributed by atoms with E-state index in [1.54, 1.807) is 21.3 Å². The highest BCUT2D eigenvalue weighted by atomic mass is 127. The number of halogens is 1. The largest absolute Gasteiger partial charge is 0.493 e. The second-order valence-electron chi connectivity index (χ2n) is 6.78. The number of hydrogen-bond donors (Lipinski definition) is 1. The average Bonchev–Trinajstić information content (AvgIpc) is 2.75. The van der Waals surface area contributed by atoms with Crippen molar-refractivity contribution in [1.29, 1.82) is 0 Å². The van der Waals surface area contributed by atoms with Crippen molar-refractivity contribution in [2.24, 2.45) is 4.99 Å². The molecule has 2 rings (SSSR count). The van der Waals surface area contributed by atoms with Crippen LogP contribution in [-0.2, 0) is 24.3 Å². The summed E-state index contributed by atoms with van der Waals surface area (Å²) in [7, 11) is 7.08. The fraction of sp³-hybridized carbons (Fsp3) is 0.435. The van der Waals surface area contributed by atoms with Crippen LogP contribution >= 0.6 is 24.0 Å². The van der Waals surface area contributed by atoms with Crippen molar-refractivity contribution in [3.05, 3.63) is 59.2 Å². The molecular weight excluding hydrogens is 493 g/mol. The van der Waals surface area contributed by atoms with Crippen molar-refractivity contribution in [3.63, 3.8) is 0 Å². The van der Waals surface area contributed by atoms with Crippen molar-refractivity contribution in [1.82, 2.24) is 10.2 Å². The zero-order chi connectivity index (χ0) is 21.1. The van der Waals surface area contributed by atoms with E-state index in [2.05, 4.69) is 48.5 Å². The van der Waals surface area contributed by atoms with E-state index in [0.717, 1.165) is 42.5 Å². The van der Waals surface area contributed by atoms with Gasteiger partial charge in [0.1, 0.15) is 0 Å². The zero-order valence-corrected chi connectivity index (χ0v) is 20.9. The topological polar surface area (TPSA) is 55.3 Å². The molecule has 0 heterocycles. The summed E-state index contributed by atoms with van der Waals surface area (Å²) >= 11 is 0. The van der Waals surface area contributed by atoms with Gasteiger partial charge < -0.3 is 24.4 Å². The molecule has 2 aromatic carbocycles. The second kappa shape index (κ2) is 14.1. The fourth-order valence-corrected chi connectivity index (χ4v) is 3.06. The van der Waals surface area contributed by atoms with Gasteiger partial charge in [0.25, 0.3) is 0 Å². The van der Waals surface area contributed by atoms with Gasteiger partial charge in [-0.15, -0.1) is 24.0 Å². The molecule has 0 unspecified atom stereocenters. The van der Waals surface area contributed by atoms with Gasteiger partial charge in [0.05, 0.1) is 27.4 Å². The minimum Gasteiger partial charge on any atom is -0.493 e. The van der Waals surface area contributed by atoms with E-state index in [0.29, 0.717) is 13.2 Å². The van der Waals surface area contributed by atoms with Gasteiger partial charge in [-0.3, -0.25) is 0 Å². The summed E-state index contributed by atoms with van der Waals surface area (Å²) in [5, 5.41) is 3.38. The standard InChI is InChI=1S/C23H33N3O3.HI/c1-6-24-23(25-16-19-8-7-9-20(14-19)17-27-3)26(2)13-12-18-10-11-21(28-4)22(15-18)29-5;/h7-11,14-15H,6,12-13,16-17H2,1-5H3,(H,24,25);1H. The molecular formula is C23H34IN3O3. The molecule has 6 nitrogen and oxygen atoms in total. The summed E-state index contributed by atoms with van der Waals surface area (Å²) in [6.45, 7) is 4.98. The Kier molecular flexibility index (Phi) is 12.2. The minimum atomic E-state index is 0. The summed E-state index contributed by atoms with van der Waals surface area (Å²) in [4.78, 5) is 6.96. The molecule has 0 saturated heterocycles. The number of methoxy groups -OCH3 is 3. The monoisotopic (exact) mass is 527 g/mol. The molecule has 0 aliphatic rings. The summed E-state index contributed by atoms with van der Waals surface area (Å²) in [5.74, 6) is 2.39. The maximum atomic E-state index is 5.40. The Morgan fingerprint density at radius 2 is 1.70 bits per heavy atom. The van der Waals surface area contributed by atoms with Gasteiger partial charge in [-0.2, -0.15) is 0 Å². The van der Waals surface area contributed by atoms with Crippen LogP contribution in [-0.4, -0.2) is 52.3 Å². The van der Waals surface area contributed by atoms with Gasteiger partial charge in [-0.1, -0.05) is 30.3 Å². The van der Waals surface area contributed by atoms with Crippen LogP contribution in [0.25, 0.3) is 0 Å². The Labute approximate surface area is 197 Å². The van der Waals surface area contributed by atoms with E-state index in [-0.39, 0.29) is 24.0 Å². The van der Waals surface area contributed by atoms with E-state index in [9.17, 15) is 0 Å². The third-order valence-corrected chi connectivity index (χ3v) is 4.59. The predicted molar refractivity (Wildman–Crippen MR) is 133 cm³/mol. The molecule has 0 aliphatic heterocycles. The third-order valence-electron chi connectivity index (χ3n) is 4.59. The van der Waals surface area contributed by atoms with Crippen LogP contribution in [0.1, 0.15) is 23.6 Å². The molecule has 2 aromatic rings. The maximum absolute atomic E-state index is 5.40. The first-order valence-corrected chi connectivity index (χ1v) is 9.88. The summed E-state index contributed by atoms with van der Waals surface area (Å²) in [6, 6.07) is 14.4. The molecule has 0 saturated carbocycles. The Morgan fingerprint density at radius 1 is 0.967 bits per heavy atom. The van der Waals surface area contributed by atoms with Crippen molar-refractivity contribution >= 4 is 29.9 Å². The lowest BCUT2D eigenvalue weighted by atomic mass is 10.1. The molecule has 0 fully saturated rings. The van der Waals surface area contributed by atoms with Crippen LogP contribution in [0.5, 0.6) is 11.5 Å². The Balaban J connectivity index is 0.00000450.